The maximum atomic E-state index is 5.57. The topological polar surface area (TPSA) is 0 Å². The van der Waals surface area contributed by atoms with Crippen LogP contribution < -0.4 is 0 Å². The Kier molecular flexibility index (Phi) is 2.51. The Morgan fingerprint density at radius 2 is 1.12 bits per heavy atom. The van der Waals surface area contributed by atoms with E-state index in [4.69, 9.17) is 34.4 Å². The second kappa shape index (κ2) is 2.26. The molecule has 1 nitrogen and oxygen atoms in total. The minimum Gasteiger partial charge on any atom is -0.482 e. The first-order chi connectivity index (χ1) is 3.25. The summed E-state index contributed by atoms with van der Waals surface area (Å²) in [4.78, 5) is 0. The minimum atomic E-state index is -1.79. The fraction of sp³-hybridized carbons (Fsp3) is 1.00. The van der Waals surface area contributed by atoms with Crippen LogP contribution in [-0.4, -0.2) is 30.1 Å². The van der Waals surface area contributed by atoms with E-state index in [0.29, 0.717) is 4.39 Å². The van der Waals surface area contributed by atoms with Crippen LogP contribution in [0.25, 0.3) is 0 Å². The molecule has 0 bridgehead atoms. The highest BCUT2D eigenvalue weighted by atomic mass is 35.6. The van der Waals surface area contributed by atoms with Gasteiger partial charge in [0.25, 0.3) is 0 Å². The summed E-state index contributed by atoms with van der Waals surface area (Å²) < 4.78 is -1.41. The molecule has 0 aliphatic rings. The van der Waals surface area contributed by atoms with Crippen molar-refractivity contribution in [1.29, 1.82) is 0 Å². The third-order valence-electron chi connectivity index (χ3n) is 0.878. The van der Waals surface area contributed by atoms with Crippen LogP contribution in [0.15, 0.2) is 0 Å². The van der Waals surface area contributed by atoms with E-state index >= 15 is 0 Å². The summed E-state index contributed by atoms with van der Waals surface area (Å²) in [5.74, 6) is 0. The monoisotopic (exact) mass is 175 g/mol. The second-order valence-electron chi connectivity index (χ2n) is 2.66. The van der Waals surface area contributed by atoms with Crippen LogP contribution in [0.1, 0.15) is 0 Å². The van der Waals surface area contributed by atoms with E-state index in [-0.39, 0.29) is 0 Å². The second-order valence-corrected chi connectivity index (χ2v) is 5.22. The summed E-state index contributed by atoms with van der Waals surface area (Å²) in [5.41, 5.74) is 0. The number of hydrogen-bond donors (Lipinski definition) is 0. The van der Waals surface area contributed by atoms with Gasteiger partial charge in [-0.2, -0.15) is 0 Å². The minimum absolute atomic E-state index is 0.380. The molecule has 5 heteroatoms. The standard InChI is InChI=1S/C3H9BCl3N/c1-8(2,3)4(5,6)7/h1-3H3. The van der Waals surface area contributed by atoms with E-state index < -0.39 is 4.53 Å². The zero-order chi connectivity index (χ0) is 7.00. The lowest BCUT2D eigenvalue weighted by molar-refractivity contribution is -0.758. The van der Waals surface area contributed by atoms with E-state index in [0.717, 1.165) is 0 Å². The molecule has 0 fully saturated rings. The number of halogens is 3. The first-order valence-electron chi connectivity index (χ1n) is 2.25. The van der Waals surface area contributed by atoms with Crippen LogP contribution in [0.2, 0.25) is 0 Å². The Bertz CT molecular complexity index is 69.5. The molecule has 0 atom stereocenters. The van der Waals surface area contributed by atoms with Gasteiger partial charge in [0.2, 0.25) is 0 Å². The highest BCUT2D eigenvalue weighted by Crippen LogP contribution is 2.26. The summed E-state index contributed by atoms with van der Waals surface area (Å²) in [6, 6.07) is 0. The van der Waals surface area contributed by atoms with Crippen LogP contribution in [0.5, 0.6) is 0 Å². The van der Waals surface area contributed by atoms with Crippen molar-refractivity contribution in [3.63, 3.8) is 0 Å². The zero-order valence-corrected chi connectivity index (χ0v) is 7.43. The quantitative estimate of drug-likeness (QED) is 0.535. The molecule has 0 amide bonds. The first kappa shape index (κ1) is 8.89. The Hall–Kier alpha value is 0.895. The van der Waals surface area contributed by atoms with Crippen LogP contribution in [0, 0.1) is 0 Å². The summed E-state index contributed by atoms with van der Waals surface area (Å²) >= 11 is 16.7. The van der Waals surface area contributed by atoms with Crippen molar-refractivity contribution < 1.29 is 4.39 Å². The Labute approximate surface area is 64.8 Å². The van der Waals surface area contributed by atoms with Crippen LogP contribution in [-0.2, 0) is 0 Å². The largest absolute Gasteiger partial charge is 0.482 e. The van der Waals surface area contributed by atoms with Crippen molar-refractivity contribution in [1.82, 2.24) is 0 Å². The molecule has 0 heterocycles. The van der Waals surface area contributed by atoms with Gasteiger partial charge in [0.1, 0.15) is 0 Å². The number of quaternary nitrogens is 1. The average Bonchev–Trinajstić information content (AvgIpc) is 1.25. The van der Waals surface area contributed by atoms with Gasteiger partial charge in [0, 0.05) is 21.1 Å². The van der Waals surface area contributed by atoms with Gasteiger partial charge in [-0.15, -0.1) is 0 Å². The number of hydrogen-bond acceptors (Lipinski definition) is 0. The Balaban J connectivity index is 4.02. The molecule has 0 aliphatic carbocycles. The van der Waals surface area contributed by atoms with Gasteiger partial charge >= 0.3 is 4.53 Å². The van der Waals surface area contributed by atoms with Gasteiger partial charge < -0.3 is 4.39 Å². The fourth-order valence-electron chi connectivity index (χ4n) is 0. The molecule has 0 N–H and O–H groups in total. The lowest BCUT2D eigenvalue weighted by atomic mass is 10.2. The van der Waals surface area contributed by atoms with Gasteiger partial charge in [0.05, 0.1) is 0 Å². The van der Waals surface area contributed by atoms with Crippen molar-refractivity contribution in [3.8, 4) is 0 Å². The first-order valence-corrected chi connectivity index (χ1v) is 3.56. The van der Waals surface area contributed by atoms with Gasteiger partial charge in [-0.05, 0) is 0 Å². The van der Waals surface area contributed by atoms with E-state index in [2.05, 4.69) is 0 Å². The molecule has 0 radical (unpaired) electrons. The molecule has 0 aromatic heterocycles. The lowest BCUT2D eigenvalue weighted by Crippen LogP contribution is -2.50. The van der Waals surface area contributed by atoms with Crippen molar-refractivity contribution in [2.75, 3.05) is 21.1 Å². The molecule has 0 rings (SSSR count). The maximum absolute atomic E-state index is 5.57. The van der Waals surface area contributed by atoms with Gasteiger partial charge in [0.15, 0.2) is 0 Å². The van der Waals surface area contributed by atoms with E-state index in [1.165, 1.54) is 0 Å². The molecule has 0 spiro atoms. The lowest BCUT2D eigenvalue weighted by Gasteiger charge is -2.40. The summed E-state index contributed by atoms with van der Waals surface area (Å²) in [6.45, 7) is 0. The van der Waals surface area contributed by atoms with Crippen LogP contribution in [0.4, 0.5) is 0 Å². The van der Waals surface area contributed by atoms with Crippen molar-refractivity contribution in [2.24, 2.45) is 0 Å². The molecule has 0 aromatic carbocycles. The van der Waals surface area contributed by atoms with E-state index in [1.807, 2.05) is 21.1 Å². The molecule has 8 heavy (non-hydrogen) atoms. The van der Waals surface area contributed by atoms with Crippen LogP contribution >= 0.6 is 34.4 Å². The van der Waals surface area contributed by atoms with Gasteiger partial charge in [-0.25, -0.2) is 0 Å². The predicted molar refractivity (Wildman–Crippen MR) is 41.3 cm³/mol. The number of nitrogens with zero attached hydrogens (tertiary/aromatic N) is 1. The molecule has 0 saturated carbocycles. The van der Waals surface area contributed by atoms with E-state index in [9.17, 15) is 0 Å². The Morgan fingerprint density at radius 3 is 1.12 bits per heavy atom. The summed E-state index contributed by atoms with van der Waals surface area (Å²) in [5, 5.41) is 0. The van der Waals surface area contributed by atoms with Crippen molar-refractivity contribution in [2.45, 2.75) is 0 Å². The molecular weight excluding hydrogens is 167 g/mol. The van der Waals surface area contributed by atoms with Crippen LogP contribution in [0.3, 0.4) is 0 Å². The third-order valence-corrected chi connectivity index (χ3v) is 2.63. The van der Waals surface area contributed by atoms with Gasteiger partial charge in [-0.1, -0.05) is 0 Å². The average molecular weight is 176 g/mol. The summed E-state index contributed by atoms with van der Waals surface area (Å²) in [7, 11) is 5.52. The highest BCUT2D eigenvalue weighted by molar-refractivity contribution is 7.61. The van der Waals surface area contributed by atoms with Crippen molar-refractivity contribution in [3.05, 3.63) is 0 Å². The Morgan fingerprint density at radius 1 is 1.00 bits per heavy atom. The smallest absolute Gasteiger partial charge is 0.462 e. The van der Waals surface area contributed by atoms with E-state index in [1.54, 1.807) is 0 Å². The fourth-order valence-corrected chi connectivity index (χ4v) is 0. The SMILES string of the molecule is C[N+](C)(C)[B-](Cl)(Cl)Cl. The molecule has 0 aromatic rings. The molecular formula is C3H9BCl3N. The molecule has 0 saturated heterocycles. The number of rotatable bonds is 1. The van der Waals surface area contributed by atoms with Crippen molar-refractivity contribution >= 4 is 38.9 Å². The maximum Gasteiger partial charge on any atom is 0.462 e. The zero-order valence-electron chi connectivity index (χ0n) is 5.16. The highest BCUT2D eigenvalue weighted by Gasteiger charge is 2.31. The predicted octanol–water partition coefficient (Wildman–Crippen LogP) is 1.84. The molecule has 50 valence electrons. The molecule has 0 aliphatic heterocycles. The third kappa shape index (κ3) is 2.45. The molecule has 0 unspecified atom stereocenters. The summed E-state index contributed by atoms with van der Waals surface area (Å²) in [6.07, 6.45) is 0. The normalized spacial score (nSPS) is 14.2. The van der Waals surface area contributed by atoms with Gasteiger partial charge in [-0.3, -0.25) is 34.4 Å².